The van der Waals surface area contributed by atoms with Gasteiger partial charge < -0.3 is 4.90 Å². The Morgan fingerprint density at radius 3 is 2.10 bits per heavy atom. The van der Waals surface area contributed by atoms with E-state index in [9.17, 15) is 0 Å². The zero-order valence-corrected chi connectivity index (χ0v) is 14.2. The molecular weight excluding hydrogens is 242 g/mol. The van der Waals surface area contributed by atoms with Crippen LogP contribution in [0.15, 0.2) is 24.3 Å². The first-order chi connectivity index (χ1) is 9.56. The summed E-state index contributed by atoms with van der Waals surface area (Å²) in [7, 11) is 0. The Hall–Kier alpha value is -0.980. The largest absolute Gasteiger partial charge is 0.372 e. The summed E-state index contributed by atoms with van der Waals surface area (Å²) in [5.74, 6) is 1.58. The molecule has 0 heterocycles. The van der Waals surface area contributed by atoms with Crippen LogP contribution in [0.5, 0.6) is 0 Å². The fraction of sp³-hybridized carbons (Fsp3) is 0.684. The molecule has 0 saturated heterocycles. The van der Waals surface area contributed by atoms with E-state index in [-0.39, 0.29) is 0 Å². The fourth-order valence-electron chi connectivity index (χ4n) is 2.80. The average Bonchev–Trinajstić information content (AvgIpc) is 2.41. The van der Waals surface area contributed by atoms with Crippen molar-refractivity contribution in [1.82, 2.24) is 0 Å². The smallest absolute Gasteiger partial charge is 0.0366 e. The molecule has 0 aliphatic carbocycles. The van der Waals surface area contributed by atoms with E-state index in [2.05, 4.69) is 63.8 Å². The van der Waals surface area contributed by atoms with Gasteiger partial charge in [0.05, 0.1) is 0 Å². The van der Waals surface area contributed by atoms with Gasteiger partial charge >= 0.3 is 0 Å². The lowest BCUT2D eigenvalue weighted by Gasteiger charge is -2.25. The first-order valence-corrected chi connectivity index (χ1v) is 8.40. The Morgan fingerprint density at radius 1 is 0.950 bits per heavy atom. The van der Waals surface area contributed by atoms with Crippen LogP contribution in [0.3, 0.4) is 0 Å². The van der Waals surface area contributed by atoms with Crippen LogP contribution in [0.25, 0.3) is 0 Å². The van der Waals surface area contributed by atoms with E-state index in [4.69, 9.17) is 0 Å². The molecule has 0 aromatic heterocycles. The van der Waals surface area contributed by atoms with Gasteiger partial charge in [0.15, 0.2) is 0 Å². The summed E-state index contributed by atoms with van der Waals surface area (Å²) in [6, 6.07) is 9.19. The van der Waals surface area contributed by atoms with Crippen LogP contribution in [-0.2, 0) is 6.42 Å². The molecule has 0 fully saturated rings. The summed E-state index contributed by atoms with van der Waals surface area (Å²) in [5, 5.41) is 0. The van der Waals surface area contributed by atoms with Crippen LogP contribution in [0, 0.1) is 11.8 Å². The van der Waals surface area contributed by atoms with Crippen molar-refractivity contribution < 1.29 is 0 Å². The summed E-state index contributed by atoms with van der Waals surface area (Å²) < 4.78 is 0. The van der Waals surface area contributed by atoms with Crippen LogP contribution in [0.1, 0.15) is 59.4 Å². The minimum Gasteiger partial charge on any atom is -0.372 e. The van der Waals surface area contributed by atoms with Gasteiger partial charge in [-0.2, -0.15) is 0 Å². The number of benzene rings is 1. The summed E-state index contributed by atoms with van der Waals surface area (Å²) in [5.41, 5.74) is 2.84. The molecule has 0 radical (unpaired) electrons. The first-order valence-electron chi connectivity index (χ1n) is 8.40. The third kappa shape index (κ3) is 5.98. The molecule has 1 nitrogen and oxygen atoms in total. The molecule has 0 N–H and O–H groups in total. The van der Waals surface area contributed by atoms with Gasteiger partial charge in [0, 0.05) is 18.8 Å². The minimum absolute atomic E-state index is 0.734. The summed E-state index contributed by atoms with van der Waals surface area (Å²) in [6.45, 7) is 13.8. The Kier molecular flexibility index (Phi) is 7.72. The highest BCUT2D eigenvalue weighted by atomic mass is 15.1. The second-order valence-corrected chi connectivity index (χ2v) is 6.53. The summed E-state index contributed by atoms with van der Waals surface area (Å²) in [4.78, 5) is 2.51. The maximum atomic E-state index is 2.51. The molecule has 0 amide bonds. The molecule has 0 aliphatic heterocycles. The van der Waals surface area contributed by atoms with Gasteiger partial charge in [-0.05, 0) is 49.3 Å². The third-order valence-electron chi connectivity index (χ3n) is 4.00. The minimum atomic E-state index is 0.734. The molecule has 0 saturated carbocycles. The number of anilines is 1. The van der Waals surface area contributed by atoms with Gasteiger partial charge in [-0.3, -0.25) is 0 Å². The number of hydrogen-bond donors (Lipinski definition) is 0. The molecule has 1 aromatic carbocycles. The Balaban J connectivity index is 2.56. The van der Waals surface area contributed by atoms with Crippen molar-refractivity contribution >= 4 is 5.69 Å². The lowest BCUT2D eigenvalue weighted by Crippen LogP contribution is -2.25. The third-order valence-corrected chi connectivity index (χ3v) is 4.00. The lowest BCUT2D eigenvalue weighted by molar-refractivity contribution is 0.484. The van der Waals surface area contributed by atoms with Crippen molar-refractivity contribution in [2.45, 2.75) is 60.3 Å². The first kappa shape index (κ1) is 17.1. The standard InChI is InChI=1S/C19H33N/c1-6-8-17(5)13-14-20(7-2)19-11-9-18(10-12-19)15-16(3)4/h9-12,16-17H,6-8,13-15H2,1-5H3. The molecule has 0 bridgehead atoms. The molecule has 1 heteroatoms. The fourth-order valence-corrected chi connectivity index (χ4v) is 2.80. The Bertz CT molecular complexity index is 353. The summed E-state index contributed by atoms with van der Waals surface area (Å²) in [6.07, 6.45) is 5.14. The topological polar surface area (TPSA) is 3.24 Å². The molecular formula is C19H33N. The van der Waals surface area contributed by atoms with Gasteiger partial charge in [0.1, 0.15) is 0 Å². The van der Waals surface area contributed by atoms with Crippen LogP contribution in [-0.4, -0.2) is 13.1 Å². The summed E-state index contributed by atoms with van der Waals surface area (Å²) >= 11 is 0. The second kappa shape index (κ2) is 9.05. The molecule has 1 rings (SSSR count). The number of nitrogens with zero attached hydrogens (tertiary/aromatic N) is 1. The van der Waals surface area contributed by atoms with E-state index in [1.807, 2.05) is 0 Å². The molecule has 1 atom stereocenters. The zero-order chi connectivity index (χ0) is 15.0. The van der Waals surface area contributed by atoms with Crippen LogP contribution in [0.2, 0.25) is 0 Å². The predicted octanol–water partition coefficient (Wildman–Crippen LogP) is 5.54. The van der Waals surface area contributed by atoms with Crippen LogP contribution >= 0.6 is 0 Å². The van der Waals surface area contributed by atoms with E-state index < -0.39 is 0 Å². The average molecular weight is 275 g/mol. The Morgan fingerprint density at radius 2 is 1.60 bits per heavy atom. The van der Waals surface area contributed by atoms with E-state index in [0.717, 1.165) is 18.4 Å². The molecule has 114 valence electrons. The van der Waals surface area contributed by atoms with Crippen molar-refractivity contribution in [2.75, 3.05) is 18.0 Å². The van der Waals surface area contributed by atoms with Crippen molar-refractivity contribution in [3.05, 3.63) is 29.8 Å². The molecule has 20 heavy (non-hydrogen) atoms. The SMILES string of the molecule is CCCC(C)CCN(CC)c1ccc(CC(C)C)cc1. The number of hydrogen-bond acceptors (Lipinski definition) is 1. The van der Waals surface area contributed by atoms with Crippen molar-refractivity contribution in [1.29, 1.82) is 0 Å². The molecule has 0 spiro atoms. The van der Waals surface area contributed by atoms with Crippen LogP contribution < -0.4 is 4.90 Å². The normalized spacial score (nSPS) is 12.7. The maximum Gasteiger partial charge on any atom is 0.0366 e. The molecule has 1 unspecified atom stereocenters. The molecule has 0 aliphatic rings. The van der Waals surface area contributed by atoms with E-state index in [1.54, 1.807) is 0 Å². The van der Waals surface area contributed by atoms with Crippen molar-refractivity contribution in [2.24, 2.45) is 11.8 Å². The van der Waals surface area contributed by atoms with Crippen LogP contribution in [0.4, 0.5) is 5.69 Å². The van der Waals surface area contributed by atoms with Crippen molar-refractivity contribution in [3.63, 3.8) is 0 Å². The predicted molar refractivity (Wildman–Crippen MR) is 91.6 cm³/mol. The Labute approximate surface area is 126 Å². The highest BCUT2D eigenvalue weighted by Gasteiger charge is 2.07. The highest BCUT2D eigenvalue weighted by molar-refractivity contribution is 5.47. The van der Waals surface area contributed by atoms with E-state index in [0.29, 0.717) is 0 Å². The second-order valence-electron chi connectivity index (χ2n) is 6.53. The van der Waals surface area contributed by atoms with Crippen molar-refractivity contribution in [3.8, 4) is 0 Å². The van der Waals surface area contributed by atoms with Gasteiger partial charge in [0.2, 0.25) is 0 Å². The monoisotopic (exact) mass is 275 g/mol. The van der Waals surface area contributed by atoms with Gasteiger partial charge in [-0.1, -0.05) is 52.7 Å². The van der Waals surface area contributed by atoms with Gasteiger partial charge in [0.25, 0.3) is 0 Å². The maximum absolute atomic E-state index is 2.51. The highest BCUT2D eigenvalue weighted by Crippen LogP contribution is 2.19. The van der Waals surface area contributed by atoms with E-state index in [1.165, 1.54) is 43.5 Å². The van der Waals surface area contributed by atoms with E-state index >= 15 is 0 Å². The zero-order valence-electron chi connectivity index (χ0n) is 14.2. The number of rotatable bonds is 9. The van der Waals surface area contributed by atoms with Gasteiger partial charge in [-0.15, -0.1) is 0 Å². The molecule has 1 aromatic rings. The quantitative estimate of drug-likeness (QED) is 0.572. The lowest BCUT2D eigenvalue weighted by atomic mass is 10.0. The van der Waals surface area contributed by atoms with Gasteiger partial charge in [-0.25, -0.2) is 0 Å².